The first-order chi connectivity index (χ1) is 19.1. The number of carbonyl (C=O) groups excluding carboxylic acids is 1. The van der Waals surface area contributed by atoms with Crippen molar-refractivity contribution in [3.63, 3.8) is 0 Å². The van der Waals surface area contributed by atoms with Crippen LogP contribution in [0.25, 0.3) is 0 Å². The van der Waals surface area contributed by atoms with Crippen LogP contribution in [-0.4, -0.2) is 80.8 Å². The lowest BCUT2D eigenvalue weighted by Crippen LogP contribution is -2.62. The Balaban J connectivity index is 1.22. The van der Waals surface area contributed by atoms with Crippen molar-refractivity contribution in [3.8, 4) is 0 Å². The van der Waals surface area contributed by atoms with Crippen LogP contribution in [0.4, 0.5) is 0 Å². The van der Waals surface area contributed by atoms with Crippen molar-refractivity contribution >= 4 is 6.29 Å². The predicted molar refractivity (Wildman–Crippen MR) is 140 cm³/mol. The van der Waals surface area contributed by atoms with Crippen molar-refractivity contribution in [3.05, 3.63) is 46.5 Å². The van der Waals surface area contributed by atoms with E-state index >= 15 is 0 Å². The van der Waals surface area contributed by atoms with Crippen molar-refractivity contribution in [1.82, 2.24) is 0 Å². The molecule has 40 heavy (non-hydrogen) atoms. The molecule has 0 radical (unpaired) electrons. The predicted octanol–water partition coefficient (Wildman–Crippen LogP) is 1.02. The summed E-state index contributed by atoms with van der Waals surface area (Å²) in [5.74, 6) is -0.290. The molecule has 6 rings (SSSR count). The van der Waals surface area contributed by atoms with E-state index in [1.807, 2.05) is 0 Å². The third-order valence-electron chi connectivity index (χ3n) is 11.4. The number of ether oxygens (including phenoxy) is 2. The fourth-order valence-corrected chi connectivity index (χ4v) is 9.09. The molecule has 0 bridgehead atoms. The van der Waals surface area contributed by atoms with Crippen molar-refractivity contribution in [2.75, 3.05) is 6.61 Å². The number of hydrogen-bond acceptors (Lipinski definition) is 10. The summed E-state index contributed by atoms with van der Waals surface area (Å²) in [6.07, 6.45) is 4.20. The Hall–Kier alpha value is -1.92. The van der Waals surface area contributed by atoms with Crippen molar-refractivity contribution in [2.24, 2.45) is 28.6 Å². The Morgan fingerprint density at radius 1 is 1.05 bits per heavy atom. The SMILES string of the molecule is CC12CCC3C(C=CC4CC(OC5OC(CO)C(O)C(O)C5O)CCC43C=O)C1(O)CCC2c1ccc(=O)oc1. The van der Waals surface area contributed by atoms with E-state index in [2.05, 4.69) is 19.1 Å². The van der Waals surface area contributed by atoms with Crippen molar-refractivity contribution in [1.29, 1.82) is 0 Å². The lowest BCUT2D eigenvalue weighted by molar-refractivity contribution is -0.315. The van der Waals surface area contributed by atoms with Gasteiger partial charge in [-0.05, 0) is 74.3 Å². The molecule has 13 unspecified atom stereocenters. The number of aldehydes is 1. The highest BCUT2D eigenvalue weighted by Gasteiger charge is 2.67. The van der Waals surface area contributed by atoms with Crippen LogP contribution < -0.4 is 5.63 Å². The standard InChI is InChI=1S/C30H40O10/c1-28-9-7-20-21(30(28,37)11-8-19(28)16-2-5-23(33)38-14-16)4-3-17-12-18(6-10-29(17,20)15-32)39-27-26(36)25(35)24(34)22(13-31)40-27/h2-5,14-15,17-22,24-27,31,34-37H,6-13H2,1H3. The molecule has 2 heterocycles. The van der Waals surface area contributed by atoms with Gasteiger partial charge in [-0.3, -0.25) is 0 Å². The van der Waals surface area contributed by atoms with Gasteiger partial charge in [-0.25, -0.2) is 4.79 Å². The zero-order chi connectivity index (χ0) is 28.4. The molecule has 1 aromatic heterocycles. The molecule has 4 fully saturated rings. The maximum absolute atomic E-state index is 12.9. The number of rotatable bonds is 5. The smallest absolute Gasteiger partial charge is 0.335 e. The van der Waals surface area contributed by atoms with Gasteiger partial charge in [0.15, 0.2) is 6.29 Å². The molecule has 220 valence electrons. The highest BCUT2D eigenvalue weighted by molar-refractivity contribution is 5.63. The maximum Gasteiger partial charge on any atom is 0.335 e. The average Bonchev–Trinajstić information content (AvgIpc) is 3.24. The average molecular weight is 561 g/mol. The second kappa shape index (κ2) is 10.1. The van der Waals surface area contributed by atoms with Crippen LogP contribution >= 0.6 is 0 Å². The van der Waals surface area contributed by atoms with Gasteiger partial charge < -0.3 is 44.2 Å². The number of aliphatic hydroxyl groups excluding tert-OH is 4. The van der Waals surface area contributed by atoms with Gasteiger partial charge in [0.05, 0.1) is 24.6 Å². The normalized spacial score (nSPS) is 50.0. The molecule has 0 spiro atoms. The number of carbonyl (C=O) groups is 1. The van der Waals surface area contributed by atoms with E-state index in [4.69, 9.17) is 13.9 Å². The summed E-state index contributed by atoms with van der Waals surface area (Å²) in [6, 6.07) is 3.23. The topological polar surface area (TPSA) is 167 Å². The van der Waals surface area contributed by atoms with E-state index in [1.165, 1.54) is 12.3 Å². The highest BCUT2D eigenvalue weighted by Crippen LogP contribution is 2.69. The number of allylic oxidation sites excluding steroid dienone is 1. The second-order valence-electron chi connectivity index (χ2n) is 12.9. The van der Waals surface area contributed by atoms with E-state index in [0.717, 1.165) is 31.1 Å². The van der Waals surface area contributed by atoms with Crippen LogP contribution in [0.2, 0.25) is 0 Å². The summed E-state index contributed by atoms with van der Waals surface area (Å²) in [7, 11) is 0. The van der Waals surface area contributed by atoms with Crippen LogP contribution in [0, 0.1) is 28.6 Å². The Morgan fingerprint density at radius 3 is 2.55 bits per heavy atom. The fraction of sp³-hybridized carbons (Fsp3) is 0.733. The molecular weight excluding hydrogens is 520 g/mol. The summed E-state index contributed by atoms with van der Waals surface area (Å²) in [4.78, 5) is 24.5. The van der Waals surface area contributed by atoms with E-state index < -0.39 is 59.4 Å². The van der Waals surface area contributed by atoms with Crippen LogP contribution in [-0.2, 0) is 14.3 Å². The molecule has 4 aliphatic carbocycles. The van der Waals surface area contributed by atoms with Crippen molar-refractivity contribution in [2.45, 2.75) is 100 Å². The van der Waals surface area contributed by atoms with Crippen LogP contribution in [0.15, 0.2) is 39.8 Å². The van der Waals surface area contributed by atoms with Gasteiger partial charge in [0.1, 0.15) is 30.7 Å². The third kappa shape index (κ3) is 4.02. The van der Waals surface area contributed by atoms with E-state index in [9.17, 15) is 35.1 Å². The minimum Gasteiger partial charge on any atom is -0.431 e. The van der Waals surface area contributed by atoms with Crippen molar-refractivity contribution < 1.29 is 44.2 Å². The molecular formula is C30H40O10. The van der Waals surface area contributed by atoms with E-state index in [0.29, 0.717) is 25.7 Å². The van der Waals surface area contributed by atoms with E-state index in [1.54, 1.807) is 6.07 Å². The van der Waals surface area contributed by atoms with Gasteiger partial charge in [-0.15, -0.1) is 0 Å². The second-order valence-corrected chi connectivity index (χ2v) is 12.9. The third-order valence-corrected chi connectivity index (χ3v) is 11.4. The summed E-state index contributed by atoms with van der Waals surface area (Å²) < 4.78 is 16.8. The van der Waals surface area contributed by atoms with Crippen LogP contribution in [0.5, 0.6) is 0 Å². The Labute approximate surface area is 232 Å². The summed E-state index contributed by atoms with van der Waals surface area (Å²) in [5.41, 5.74) is -1.56. The molecule has 1 saturated heterocycles. The molecule has 0 aromatic carbocycles. The lowest BCUT2D eigenvalue weighted by atomic mass is 9.45. The van der Waals surface area contributed by atoms with E-state index in [-0.39, 0.29) is 29.8 Å². The maximum atomic E-state index is 12.9. The van der Waals surface area contributed by atoms with Gasteiger partial charge in [0.25, 0.3) is 0 Å². The van der Waals surface area contributed by atoms with Gasteiger partial charge in [0, 0.05) is 22.8 Å². The van der Waals surface area contributed by atoms with Crippen LogP contribution in [0.3, 0.4) is 0 Å². The molecule has 3 saturated carbocycles. The molecule has 0 amide bonds. The minimum atomic E-state index is -1.51. The summed E-state index contributed by atoms with van der Waals surface area (Å²) >= 11 is 0. The molecule has 13 atom stereocenters. The Bertz CT molecular complexity index is 1180. The lowest BCUT2D eigenvalue weighted by Gasteiger charge is -2.61. The van der Waals surface area contributed by atoms with Gasteiger partial charge >= 0.3 is 5.63 Å². The number of fused-ring (bicyclic) bond motifs is 5. The first-order valence-corrected chi connectivity index (χ1v) is 14.5. The monoisotopic (exact) mass is 560 g/mol. The summed E-state index contributed by atoms with van der Waals surface area (Å²) in [5, 5.41) is 52.5. The van der Waals surface area contributed by atoms with Crippen LogP contribution in [0.1, 0.15) is 63.4 Å². The zero-order valence-corrected chi connectivity index (χ0v) is 22.7. The minimum absolute atomic E-state index is 0.0289. The highest BCUT2D eigenvalue weighted by atomic mass is 16.7. The fourth-order valence-electron chi connectivity index (χ4n) is 9.09. The van der Waals surface area contributed by atoms with Gasteiger partial charge in [-0.2, -0.15) is 0 Å². The molecule has 1 aromatic rings. The Morgan fingerprint density at radius 2 is 1.85 bits per heavy atom. The molecule has 5 N–H and O–H groups in total. The molecule has 10 nitrogen and oxygen atoms in total. The van der Waals surface area contributed by atoms with Gasteiger partial charge in [-0.1, -0.05) is 19.1 Å². The first kappa shape index (κ1) is 28.2. The zero-order valence-electron chi connectivity index (χ0n) is 22.7. The number of aliphatic hydroxyl groups is 5. The molecule has 1 aliphatic heterocycles. The summed E-state index contributed by atoms with van der Waals surface area (Å²) in [6.45, 7) is 1.60. The first-order valence-electron chi connectivity index (χ1n) is 14.5. The molecule has 5 aliphatic rings. The van der Waals surface area contributed by atoms with Gasteiger partial charge in [0.2, 0.25) is 0 Å². The molecule has 10 heteroatoms. The quantitative estimate of drug-likeness (QED) is 0.259. The Kier molecular flexibility index (Phi) is 7.13. The largest absolute Gasteiger partial charge is 0.431 e. The number of hydrogen-bond donors (Lipinski definition) is 5.